The lowest BCUT2D eigenvalue weighted by molar-refractivity contribution is -0.118. The number of nitrogens with one attached hydrogen (secondary N) is 1. The van der Waals surface area contributed by atoms with Crippen molar-refractivity contribution in [3.05, 3.63) is 41.0 Å². The lowest BCUT2D eigenvalue weighted by atomic mass is 10.0. The highest BCUT2D eigenvalue weighted by Gasteiger charge is 2.31. The fourth-order valence-electron chi connectivity index (χ4n) is 3.69. The zero-order valence-electron chi connectivity index (χ0n) is 18.8. The second-order valence-electron chi connectivity index (χ2n) is 7.07. The Morgan fingerprint density at radius 2 is 1.47 bits per heavy atom. The molecule has 9 heteroatoms. The number of thioether (sulfide) groups is 1. The molecule has 8 nitrogen and oxygen atoms in total. The van der Waals surface area contributed by atoms with Crippen LogP contribution in [-0.4, -0.2) is 51.4 Å². The summed E-state index contributed by atoms with van der Waals surface area (Å²) in [6.07, 6.45) is 1.05. The number of hydrogen-bond donors (Lipinski definition) is 1. The predicted octanol–water partition coefficient (Wildman–Crippen LogP) is 3.55. The quantitative estimate of drug-likeness (QED) is 0.574. The number of benzene rings is 2. The van der Waals surface area contributed by atoms with Crippen molar-refractivity contribution >= 4 is 22.9 Å². The minimum Gasteiger partial charge on any atom is -0.493 e. The molecular weight excluding hydrogens is 434 g/mol. The lowest BCUT2D eigenvalue weighted by Gasteiger charge is -2.21. The maximum atomic E-state index is 11.7. The topological polar surface area (TPSA) is 92.3 Å². The number of carbonyl (C=O) groups excluding carboxylic acids is 2. The normalized spacial score (nSPS) is 15.3. The fraction of sp³-hybridized carbons (Fsp3) is 0.391. The second-order valence-corrected chi connectivity index (χ2v) is 8.24. The molecule has 1 saturated heterocycles. The maximum absolute atomic E-state index is 11.7. The van der Waals surface area contributed by atoms with Crippen LogP contribution in [-0.2, 0) is 17.6 Å². The highest BCUT2D eigenvalue weighted by atomic mass is 32.2. The number of carbonyl (C=O) groups is 2. The van der Waals surface area contributed by atoms with Gasteiger partial charge in [-0.15, -0.1) is 0 Å². The highest BCUT2D eigenvalue weighted by Crippen LogP contribution is 2.49. The zero-order chi connectivity index (χ0) is 23.3. The van der Waals surface area contributed by atoms with Crippen LogP contribution < -0.4 is 29.0 Å². The van der Waals surface area contributed by atoms with Gasteiger partial charge in [0.25, 0.3) is 5.24 Å². The number of hydrogen-bond acceptors (Lipinski definition) is 8. The molecule has 1 fully saturated rings. The average molecular weight is 462 g/mol. The lowest BCUT2D eigenvalue weighted by Crippen LogP contribution is -2.25. The smallest absolute Gasteiger partial charge is 0.286 e. The first kappa shape index (κ1) is 23.6. The van der Waals surface area contributed by atoms with Crippen LogP contribution in [0.3, 0.4) is 0 Å². The van der Waals surface area contributed by atoms with Crippen LogP contribution >= 0.6 is 11.8 Å². The van der Waals surface area contributed by atoms with E-state index in [1.54, 1.807) is 28.4 Å². The van der Waals surface area contributed by atoms with E-state index in [4.69, 9.17) is 23.7 Å². The predicted molar refractivity (Wildman–Crippen MR) is 122 cm³/mol. The summed E-state index contributed by atoms with van der Waals surface area (Å²) >= 11 is 1.03. The van der Waals surface area contributed by atoms with Crippen molar-refractivity contribution in [3.8, 4) is 28.7 Å². The summed E-state index contributed by atoms with van der Waals surface area (Å²) < 4.78 is 28.1. The van der Waals surface area contributed by atoms with Gasteiger partial charge >= 0.3 is 0 Å². The fourth-order valence-corrected chi connectivity index (χ4v) is 4.55. The molecule has 1 heterocycles. The Morgan fingerprint density at radius 3 is 2.00 bits per heavy atom. The van der Waals surface area contributed by atoms with Crippen molar-refractivity contribution in [2.75, 3.05) is 35.0 Å². The summed E-state index contributed by atoms with van der Waals surface area (Å²) in [5, 5.41) is 1.63. The van der Waals surface area contributed by atoms with Crippen LogP contribution in [0.5, 0.6) is 28.7 Å². The van der Waals surface area contributed by atoms with Gasteiger partial charge in [-0.1, -0.05) is 23.9 Å². The Kier molecular flexibility index (Phi) is 7.74. The van der Waals surface area contributed by atoms with E-state index in [0.29, 0.717) is 48.2 Å². The van der Waals surface area contributed by atoms with E-state index in [1.165, 1.54) is 0 Å². The van der Waals surface area contributed by atoms with Gasteiger partial charge in [0.2, 0.25) is 17.4 Å². The molecule has 2 aromatic rings. The standard InChI is InChI=1S/C23H27NO7S/c1-13-16(19(28-3)21(30-5)20(29-4)18(13)27-2)10-11-31-15-8-6-14(7-9-15)12-17-22(25)24-23(26)32-17/h6-9,17H,10-12H2,1-5H3,(H,24,25,26). The maximum Gasteiger partial charge on any atom is 0.286 e. The summed E-state index contributed by atoms with van der Waals surface area (Å²) in [6.45, 7) is 2.35. The van der Waals surface area contributed by atoms with Crippen LogP contribution in [0, 0.1) is 6.92 Å². The summed E-state index contributed by atoms with van der Waals surface area (Å²) in [4.78, 5) is 23.0. The van der Waals surface area contributed by atoms with Gasteiger partial charge in [-0.2, -0.15) is 0 Å². The Morgan fingerprint density at radius 1 is 0.875 bits per heavy atom. The van der Waals surface area contributed by atoms with Gasteiger partial charge in [-0.25, -0.2) is 0 Å². The van der Waals surface area contributed by atoms with Gasteiger partial charge in [0, 0.05) is 17.5 Å². The molecule has 1 unspecified atom stereocenters. The molecule has 2 amide bonds. The third-order valence-electron chi connectivity index (χ3n) is 5.23. The van der Waals surface area contributed by atoms with E-state index < -0.39 is 0 Å². The Balaban J connectivity index is 1.68. The van der Waals surface area contributed by atoms with Gasteiger partial charge < -0.3 is 23.7 Å². The molecule has 32 heavy (non-hydrogen) atoms. The van der Waals surface area contributed by atoms with E-state index in [1.807, 2.05) is 31.2 Å². The van der Waals surface area contributed by atoms with E-state index in [2.05, 4.69) is 5.32 Å². The largest absolute Gasteiger partial charge is 0.493 e. The van der Waals surface area contributed by atoms with Gasteiger partial charge in [0.05, 0.1) is 40.3 Å². The van der Waals surface area contributed by atoms with Crippen LogP contribution in [0.25, 0.3) is 0 Å². The van der Waals surface area contributed by atoms with Crippen molar-refractivity contribution in [2.24, 2.45) is 0 Å². The molecule has 1 atom stereocenters. The molecule has 0 spiro atoms. The van der Waals surface area contributed by atoms with E-state index in [-0.39, 0.29) is 16.4 Å². The summed E-state index contributed by atoms with van der Waals surface area (Å²) in [5.41, 5.74) is 2.76. The van der Waals surface area contributed by atoms with Crippen molar-refractivity contribution in [3.63, 3.8) is 0 Å². The van der Waals surface area contributed by atoms with Gasteiger partial charge in [-0.3, -0.25) is 14.9 Å². The SMILES string of the molecule is COc1c(C)c(CCOc2ccc(CC3SC(=O)NC3=O)cc2)c(OC)c(OC)c1OC. The molecule has 0 saturated carbocycles. The molecular formula is C23H27NO7S. The highest BCUT2D eigenvalue weighted by molar-refractivity contribution is 8.15. The molecule has 2 aromatic carbocycles. The first-order valence-electron chi connectivity index (χ1n) is 10.0. The summed E-state index contributed by atoms with van der Waals surface area (Å²) in [6, 6.07) is 7.51. The minimum absolute atomic E-state index is 0.241. The average Bonchev–Trinajstić information content (AvgIpc) is 3.11. The van der Waals surface area contributed by atoms with E-state index >= 15 is 0 Å². The molecule has 3 rings (SSSR count). The third-order valence-corrected chi connectivity index (χ3v) is 6.22. The Labute approximate surface area is 191 Å². The molecule has 1 aliphatic rings. The monoisotopic (exact) mass is 461 g/mol. The van der Waals surface area contributed by atoms with Crippen molar-refractivity contribution < 1.29 is 33.3 Å². The zero-order valence-corrected chi connectivity index (χ0v) is 19.6. The number of imide groups is 1. The molecule has 0 aromatic heterocycles. The van der Waals surface area contributed by atoms with E-state index in [0.717, 1.165) is 28.5 Å². The molecule has 0 radical (unpaired) electrons. The van der Waals surface area contributed by atoms with Gasteiger partial charge in [0.15, 0.2) is 11.5 Å². The number of ether oxygens (including phenoxy) is 5. The van der Waals surface area contributed by atoms with Crippen LogP contribution in [0.1, 0.15) is 16.7 Å². The van der Waals surface area contributed by atoms with E-state index in [9.17, 15) is 9.59 Å². The molecule has 0 bridgehead atoms. The summed E-state index contributed by atoms with van der Waals surface area (Å²) in [5.74, 6) is 2.61. The molecule has 1 N–H and O–H groups in total. The number of amides is 2. The van der Waals surface area contributed by atoms with Gasteiger partial charge in [-0.05, 0) is 31.0 Å². The van der Waals surface area contributed by atoms with Crippen molar-refractivity contribution in [1.82, 2.24) is 5.32 Å². The Hall–Kier alpha value is -3.07. The first-order valence-corrected chi connectivity index (χ1v) is 10.9. The second kappa shape index (κ2) is 10.5. The van der Waals surface area contributed by atoms with Gasteiger partial charge in [0.1, 0.15) is 5.75 Å². The first-order chi connectivity index (χ1) is 15.4. The Bertz CT molecular complexity index is 991. The number of methoxy groups -OCH3 is 4. The minimum atomic E-state index is -0.384. The van der Waals surface area contributed by atoms with Crippen molar-refractivity contribution in [1.29, 1.82) is 0 Å². The number of rotatable bonds is 10. The van der Waals surface area contributed by atoms with Crippen LogP contribution in [0.2, 0.25) is 0 Å². The summed E-state index contributed by atoms with van der Waals surface area (Å²) in [7, 11) is 6.28. The molecule has 1 aliphatic heterocycles. The van der Waals surface area contributed by atoms with Crippen LogP contribution in [0.15, 0.2) is 24.3 Å². The molecule has 172 valence electrons. The molecule has 0 aliphatic carbocycles. The van der Waals surface area contributed by atoms with Crippen molar-refractivity contribution in [2.45, 2.75) is 25.0 Å². The third kappa shape index (κ3) is 4.88. The van der Waals surface area contributed by atoms with Crippen LogP contribution in [0.4, 0.5) is 4.79 Å².